The van der Waals surface area contributed by atoms with Gasteiger partial charge in [-0.05, 0) is 50.8 Å². The minimum Gasteiger partial charge on any atom is -0.340 e. The van der Waals surface area contributed by atoms with Crippen LogP contribution >= 0.6 is 0 Å². The molecule has 2 fully saturated rings. The Balaban J connectivity index is 1.49. The number of hydrogen-bond donors (Lipinski definition) is 0. The van der Waals surface area contributed by atoms with E-state index in [1.165, 1.54) is 0 Å². The molecule has 1 spiro atoms. The summed E-state index contributed by atoms with van der Waals surface area (Å²) in [4.78, 5) is 30.8. The normalized spacial score (nSPS) is 23.1. The number of carbonyl (C=O) groups excluding carboxylic acids is 1. The third-order valence-corrected chi connectivity index (χ3v) is 5.53. The van der Waals surface area contributed by atoms with Crippen LogP contribution in [0, 0.1) is 19.3 Å². The maximum Gasteiger partial charge on any atom is 0.231 e. The first kappa shape index (κ1) is 16.9. The van der Waals surface area contributed by atoms with Crippen molar-refractivity contribution >= 4 is 11.9 Å². The summed E-state index contributed by atoms with van der Waals surface area (Å²) in [6.45, 7) is 7.00. The summed E-state index contributed by atoms with van der Waals surface area (Å²) in [5.74, 6) is 0.999. The number of nitrogens with zero attached hydrogens (tertiary/aromatic N) is 5. The zero-order valence-electron chi connectivity index (χ0n) is 15.5. The average Bonchev–Trinajstić information content (AvgIpc) is 2.92. The fraction of sp³-hybridized carbons (Fsp3) is 0.500. The lowest BCUT2D eigenvalue weighted by molar-refractivity contribution is -0.137. The van der Waals surface area contributed by atoms with E-state index in [1.54, 1.807) is 0 Å². The molecule has 1 amide bonds. The summed E-state index contributed by atoms with van der Waals surface area (Å²) >= 11 is 0. The molecule has 0 unspecified atom stereocenters. The number of likely N-dealkylation sites (tertiary alicyclic amines) is 1. The minimum atomic E-state index is -0.295. The molecule has 0 saturated carbocycles. The molecule has 2 aromatic rings. The van der Waals surface area contributed by atoms with E-state index in [0.29, 0.717) is 13.1 Å². The molecule has 2 saturated heterocycles. The second-order valence-electron chi connectivity index (χ2n) is 7.61. The third-order valence-electron chi connectivity index (χ3n) is 5.53. The predicted molar refractivity (Wildman–Crippen MR) is 99.7 cm³/mol. The topological polar surface area (TPSA) is 62.2 Å². The van der Waals surface area contributed by atoms with Gasteiger partial charge in [0.25, 0.3) is 0 Å². The monoisotopic (exact) mass is 351 g/mol. The van der Waals surface area contributed by atoms with Gasteiger partial charge in [0.1, 0.15) is 0 Å². The number of amides is 1. The maximum atomic E-state index is 13.2. The number of piperidine rings is 1. The standard InChI is InChI=1S/C20H25N5O/c1-15-11-21-19(22-12-15)25-9-4-7-20(14-25)8-10-24(18(20)26)13-17-6-3-5-16(2)23-17/h3,5-6,11-12H,4,7-10,13-14H2,1-2H3/t20-/m0/s1. The highest BCUT2D eigenvalue weighted by Gasteiger charge is 2.49. The highest BCUT2D eigenvalue weighted by Crippen LogP contribution is 2.41. The number of aryl methyl sites for hydroxylation is 2. The minimum absolute atomic E-state index is 0.262. The molecule has 6 nitrogen and oxygen atoms in total. The van der Waals surface area contributed by atoms with Crippen molar-refractivity contribution in [1.29, 1.82) is 0 Å². The Hall–Kier alpha value is -2.50. The first-order valence-electron chi connectivity index (χ1n) is 9.31. The number of carbonyl (C=O) groups is 1. The Labute approximate surface area is 154 Å². The molecule has 1 atom stereocenters. The first-order valence-corrected chi connectivity index (χ1v) is 9.31. The quantitative estimate of drug-likeness (QED) is 0.850. The van der Waals surface area contributed by atoms with Gasteiger partial charge >= 0.3 is 0 Å². The van der Waals surface area contributed by atoms with Gasteiger partial charge in [0.05, 0.1) is 17.7 Å². The van der Waals surface area contributed by atoms with E-state index in [1.807, 2.05) is 49.3 Å². The molecule has 4 rings (SSSR count). The van der Waals surface area contributed by atoms with Gasteiger partial charge in [-0.3, -0.25) is 9.78 Å². The van der Waals surface area contributed by atoms with Crippen LogP contribution in [0.15, 0.2) is 30.6 Å². The molecule has 0 radical (unpaired) electrons. The van der Waals surface area contributed by atoms with Crippen molar-refractivity contribution in [3.05, 3.63) is 47.5 Å². The van der Waals surface area contributed by atoms with E-state index in [0.717, 1.165) is 55.3 Å². The highest BCUT2D eigenvalue weighted by molar-refractivity contribution is 5.85. The molecule has 26 heavy (non-hydrogen) atoms. The van der Waals surface area contributed by atoms with Crippen LogP contribution in [0.25, 0.3) is 0 Å². The van der Waals surface area contributed by atoms with Crippen molar-refractivity contribution in [3.8, 4) is 0 Å². The fourth-order valence-electron chi connectivity index (χ4n) is 4.16. The lowest BCUT2D eigenvalue weighted by Crippen LogP contribution is -2.48. The number of hydrogen-bond acceptors (Lipinski definition) is 5. The van der Waals surface area contributed by atoms with Gasteiger partial charge in [-0.15, -0.1) is 0 Å². The Morgan fingerprint density at radius 3 is 2.69 bits per heavy atom. The van der Waals surface area contributed by atoms with Crippen LogP contribution in [0.1, 0.15) is 36.2 Å². The SMILES string of the molecule is Cc1cnc(N2CCC[C@]3(CCN(Cc4cccc(C)n4)C3=O)C2)nc1. The molecular formula is C20H25N5O. The Morgan fingerprint density at radius 1 is 1.12 bits per heavy atom. The van der Waals surface area contributed by atoms with Crippen molar-refractivity contribution in [2.75, 3.05) is 24.5 Å². The van der Waals surface area contributed by atoms with Crippen LogP contribution in [0.2, 0.25) is 0 Å². The molecule has 0 aliphatic carbocycles. The highest BCUT2D eigenvalue weighted by atomic mass is 16.2. The van der Waals surface area contributed by atoms with Crippen LogP contribution in [0.4, 0.5) is 5.95 Å². The third kappa shape index (κ3) is 3.16. The zero-order valence-corrected chi connectivity index (χ0v) is 15.5. The lowest BCUT2D eigenvalue weighted by Gasteiger charge is -2.39. The molecule has 0 aromatic carbocycles. The van der Waals surface area contributed by atoms with Crippen molar-refractivity contribution in [2.24, 2.45) is 5.41 Å². The second-order valence-corrected chi connectivity index (χ2v) is 7.61. The molecule has 2 aliphatic rings. The van der Waals surface area contributed by atoms with E-state index >= 15 is 0 Å². The summed E-state index contributed by atoms with van der Waals surface area (Å²) in [6.07, 6.45) is 6.54. The molecule has 4 heterocycles. The van der Waals surface area contributed by atoms with Crippen molar-refractivity contribution in [2.45, 2.75) is 39.7 Å². The molecular weight excluding hydrogens is 326 g/mol. The number of rotatable bonds is 3. The lowest BCUT2D eigenvalue weighted by atomic mass is 9.78. The van der Waals surface area contributed by atoms with Crippen LogP contribution in [-0.2, 0) is 11.3 Å². The van der Waals surface area contributed by atoms with Gasteiger partial charge in [0.2, 0.25) is 11.9 Å². The van der Waals surface area contributed by atoms with Gasteiger partial charge in [0.15, 0.2) is 0 Å². The Kier molecular flexibility index (Phi) is 4.34. The van der Waals surface area contributed by atoms with E-state index in [4.69, 9.17) is 0 Å². The van der Waals surface area contributed by atoms with Crippen LogP contribution < -0.4 is 4.90 Å². The summed E-state index contributed by atoms with van der Waals surface area (Å²) in [5, 5.41) is 0. The largest absolute Gasteiger partial charge is 0.340 e. The molecule has 136 valence electrons. The first-order chi connectivity index (χ1) is 12.6. The smallest absolute Gasteiger partial charge is 0.231 e. The van der Waals surface area contributed by atoms with E-state index in [9.17, 15) is 4.79 Å². The van der Waals surface area contributed by atoms with Gasteiger partial charge in [-0.2, -0.15) is 0 Å². The summed E-state index contributed by atoms with van der Waals surface area (Å²) in [7, 11) is 0. The predicted octanol–water partition coefficient (Wildman–Crippen LogP) is 2.51. The van der Waals surface area contributed by atoms with E-state index < -0.39 is 0 Å². The molecule has 0 bridgehead atoms. The van der Waals surface area contributed by atoms with E-state index in [2.05, 4.69) is 19.9 Å². The number of pyridine rings is 1. The van der Waals surface area contributed by atoms with Crippen LogP contribution in [0.3, 0.4) is 0 Å². The van der Waals surface area contributed by atoms with Crippen molar-refractivity contribution in [3.63, 3.8) is 0 Å². The average molecular weight is 351 g/mol. The number of anilines is 1. The van der Waals surface area contributed by atoms with E-state index in [-0.39, 0.29) is 11.3 Å². The fourth-order valence-corrected chi connectivity index (χ4v) is 4.16. The molecule has 6 heteroatoms. The van der Waals surface area contributed by atoms with Gasteiger partial charge in [0, 0.05) is 37.7 Å². The molecule has 0 N–H and O–H groups in total. The molecule has 2 aromatic heterocycles. The summed E-state index contributed by atoms with van der Waals surface area (Å²) in [5.41, 5.74) is 2.71. The summed E-state index contributed by atoms with van der Waals surface area (Å²) < 4.78 is 0. The van der Waals surface area contributed by atoms with Crippen molar-refractivity contribution < 1.29 is 4.79 Å². The maximum absolute atomic E-state index is 13.2. The van der Waals surface area contributed by atoms with Crippen molar-refractivity contribution in [1.82, 2.24) is 19.9 Å². The second kappa shape index (κ2) is 6.67. The Bertz CT molecular complexity index is 806. The van der Waals surface area contributed by atoms with Crippen LogP contribution in [-0.4, -0.2) is 45.4 Å². The number of aromatic nitrogens is 3. The Morgan fingerprint density at radius 2 is 1.92 bits per heavy atom. The zero-order chi connectivity index (χ0) is 18.1. The van der Waals surface area contributed by atoms with Gasteiger partial charge in [-0.1, -0.05) is 6.07 Å². The molecule has 2 aliphatic heterocycles. The van der Waals surface area contributed by atoms with Crippen LogP contribution in [0.5, 0.6) is 0 Å². The summed E-state index contributed by atoms with van der Waals surface area (Å²) in [6, 6.07) is 5.99. The van der Waals surface area contributed by atoms with Gasteiger partial charge < -0.3 is 9.80 Å². The van der Waals surface area contributed by atoms with Gasteiger partial charge in [-0.25, -0.2) is 9.97 Å².